The lowest BCUT2D eigenvalue weighted by molar-refractivity contribution is -0.193. The van der Waals surface area contributed by atoms with Crippen LogP contribution >= 0.6 is 0 Å². The van der Waals surface area contributed by atoms with Crippen LogP contribution in [0.1, 0.15) is 10.4 Å². The molecule has 1 aliphatic rings. The van der Waals surface area contributed by atoms with E-state index in [0.29, 0.717) is 5.56 Å². The third-order valence-corrected chi connectivity index (χ3v) is 3.12. The number of piperazine rings is 1. The van der Waals surface area contributed by atoms with Gasteiger partial charge in [-0.15, -0.1) is 0 Å². The number of hydrogen-bond donors (Lipinski definition) is 4. The molecule has 1 aliphatic heterocycles. The van der Waals surface area contributed by atoms with Gasteiger partial charge in [-0.05, 0) is 24.3 Å². The quantitative estimate of drug-likeness (QED) is 0.519. The Morgan fingerprint density at radius 3 is 1.48 bits per heavy atom. The summed E-state index contributed by atoms with van der Waals surface area (Å²) in [5.74, 6) is -5.89. The number of carboxylic acids is 2. The Kier molecular flexibility index (Phi) is 9.93. The normalized spacial score (nSPS) is 13.9. The maximum absolute atomic E-state index is 10.9. The first-order valence-electron chi connectivity index (χ1n) is 7.62. The van der Waals surface area contributed by atoms with Gasteiger partial charge in [-0.1, -0.05) is 0 Å². The molecule has 0 atom stereocenters. The van der Waals surface area contributed by atoms with Crippen molar-refractivity contribution >= 4 is 23.5 Å². The van der Waals surface area contributed by atoms with Gasteiger partial charge < -0.3 is 26.2 Å². The van der Waals surface area contributed by atoms with E-state index < -0.39 is 24.3 Å². The highest BCUT2D eigenvalue weighted by Crippen LogP contribution is 2.15. The van der Waals surface area contributed by atoms with Gasteiger partial charge in [0.05, 0.1) is 0 Å². The molecule has 1 fully saturated rings. The number of anilines is 1. The van der Waals surface area contributed by atoms with Crippen molar-refractivity contribution in [3.8, 4) is 0 Å². The van der Waals surface area contributed by atoms with Crippen LogP contribution in [0.5, 0.6) is 0 Å². The van der Waals surface area contributed by atoms with Crippen molar-refractivity contribution < 1.29 is 50.9 Å². The van der Waals surface area contributed by atoms with E-state index in [1.54, 1.807) is 12.1 Å². The van der Waals surface area contributed by atoms with E-state index in [-0.39, 0.29) is 5.91 Å². The molecular weight excluding hydrogens is 416 g/mol. The Hall–Kier alpha value is -3.03. The van der Waals surface area contributed by atoms with Gasteiger partial charge >= 0.3 is 24.3 Å². The van der Waals surface area contributed by atoms with Crippen molar-refractivity contribution in [1.29, 1.82) is 0 Å². The summed E-state index contributed by atoms with van der Waals surface area (Å²) in [6.45, 7) is 4.04. The lowest BCUT2D eigenvalue weighted by Crippen LogP contribution is -2.43. The summed E-state index contributed by atoms with van der Waals surface area (Å²) in [7, 11) is 0. The maximum atomic E-state index is 10.9. The average Bonchev–Trinajstić information content (AvgIpc) is 2.62. The summed E-state index contributed by atoms with van der Waals surface area (Å²) in [6, 6.07) is 7.45. The number of halogens is 6. The van der Waals surface area contributed by atoms with E-state index in [0.717, 1.165) is 31.9 Å². The van der Waals surface area contributed by atoms with E-state index in [4.69, 9.17) is 25.5 Å². The molecule has 1 aromatic rings. The fourth-order valence-corrected chi connectivity index (χ4v) is 1.76. The van der Waals surface area contributed by atoms with Crippen LogP contribution in [0.3, 0.4) is 0 Å². The first-order chi connectivity index (χ1) is 13.2. The number of carbonyl (C=O) groups is 3. The number of primary amides is 1. The second kappa shape index (κ2) is 11.1. The summed E-state index contributed by atoms with van der Waals surface area (Å²) in [4.78, 5) is 31.0. The van der Waals surface area contributed by atoms with E-state index in [9.17, 15) is 31.1 Å². The number of hydrogen-bond acceptors (Lipinski definition) is 5. The Balaban J connectivity index is 0.000000473. The monoisotopic (exact) mass is 433 g/mol. The van der Waals surface area contributed by atoms with Crippen LogP contribution in [-0.2, 0) is 9.59 Å². The number of aliphatic carboxylic acids is 2. The van der Waals surface area contributed by atoms with Gasteiger partial charge in [0.15, 0.2) is 0 Å². The van der Waals surface area contributed by atoms with Crippen LogP contribution in [0.15, 0.2) is 24.3 Å². The van der Waals surface area contributed by atoms with E-state index in [1.807, 2.05) is 12.1 Å². The van der Waals surface area contributed by atoms with Crippen LogP contribution in [0.25, 0.3) is 0 Å². The van der Waals surface area contributed by atoms with E-state index >= 15 is 0 Å². The van der Waals surface area contributed by atoms with Crippen LogP contribution in [0, 0.1) is 0 Å². The van der Waals surface area contributed by atoms with Crippen LogP contribution in [0.2, 0.25) is 0 Å². The highest BCUT2D eigenvalue weighted by molar-refractivity contribution is 5.93. The zero-order valence-electron chi connectivity index (χ0n) is 14.5. The molecule has 1 aromatic carbocycles. The number of carboxylic acid groups (broad SMARTS) is 2. The maximum Gasteiger partial charge on any atom is 0.490 e. The topological polar surface area (TPSA) is 133 Å². The molecule has 14 heteroatoms. The average molecular weight is 433 g/mol. The molecule has 0 bridgehead atoms. The highest BCUT2D eigenvalue weighted by atomic mass is 19.4. The molecule has 0 radical (unpaired) electrons. The first-order valence-corrected chi connectivity index (χ1v) is 7.62. The molecule has 0 aromatic heterocycles. The predicted molar refractivity (Wildman–Crippen MR) is 87.4 cm³/mol. The zero-order valence-corrected chi connectivity index (χ0v) is 14.5. The zero-order chi connectivity index (χ0) is 22.8. The standard InChI is InChI=1S/C11H15N3O.2C2HF3O2/c12-11(15)9-1-3-10(4-2-9)14-7-5-13-6-8-14;2*3-2(4,5)1(6)7/h1-4,13H,5-8H2,(H2,12,15);2*(H,6,7). The molecule has 0 unspecified atom stereocenters. The Morgan fingerprint density at radius 1 is 0.862 bits per heavy atom. The Bertz CT molecular complexity index is 661. The largest absolute Gasteiger partial charge is 0.490 e. The number of alkyl halides is 6. The molecule has 5 N–H and O–H groups in total. The molecule has 0 saturated carbocycles. The number of nitrogens with zero attached hydrogens (tertiary/aromatic N) is 1. The molecule has 8 nitrogen and oxygen atoms in total. The molecule has 1 amide bonds. The van der Waals surface area contributed by atoms with Gasteiger partial charge in [0.2, 0.25) is 5.91 Å². The summed E-state index contributed by atoms with van der Waals surface area (Å²) < 4.78 is 63.5. The Labute approximate surface area is 159 Å². The molecule has 164 valence electrons. The third kappa shape index (κ3) is 10.8. The number of nitrogens with two attached hydrogens (primary N) is 1. The van der Waals surface area contributed by atoms with Gasteiger partial charge in [-0.3, -0.25) is 4.79 Å². The lowest BCUT2D eigenvalue weighted by atomic mass is 10.2. The minimum atomic E-state index is -5.08. The van der Waals surface area contributed by atoms with Crippen molar-refractivity contribution in [1.82, 2.24) is 5.32 Å². The molecule has 1 saturated heterocycles. The number of rotatable bonds is 2. The van der Waals surface area contributed by atoms with Crippen molar-refractivity contribution in [3.63, 3.8) is 0 Å². The molecule has 0 spiro atoms. The third-order valence-electron chi connectivity index (χ3n) is 3.12. The van der Waals surface area contributed by atoms with Crippen molar-refractivity contribution in [2.24, 2.45) is 5.73 Å². The second-order valence-corrected chi connectivity index (χ2v) is 5.25. The molecular formula is C15H17F6N3O5. The summed E-state index contributed by atoms with van der Waals surface area (Å²) in [5, 5.41) is 17.5. The van der Waals surface area contributed by atoms with Gasteiger partial charge in [-0.25, -0.2) is 9.59 Å². The minimum Gasteiger partial charge on any atom is -0.475 e. The first kappa shape index (κ1) is 26.0. The number of benzene rings is 1. The SMILES string of the molecule is NC(=O)c1ccc(N2CCNCC2)cc1.O=C(O)C(F)(F)F.O=C(O)C(F)(F)F. The Morgan fingerprint density at radius 2 is 1.21 bits per heavy atom. The van der Waals surface area contributed by atoms with Crippen LogP contribution in [-0.4, -0.2) is 66.6 Å². The molecule has 2 rings (SSSR count). The van der Waals surface area contributed by atoms with Crippen LogP contribution < -0.4 is 16.0 Å². The van der Waals surface area contributed by atoms with Crippen molar-refractivity contribution in [2.75, 3.05) is 31.1 Å². The van der Waals surface area contributed by atoms with Crippen molar-refractivity contribution in [3.05, 3.63) is 29.8 Å². The fraction of sp³-hybridized carbons (Fsp3) is 0.400. The summed E-state index contributed by atoms with van der Waals surface area (Å²) in [5.41, 5.74) is 6.90. The van der Waals surface area contributed by atoms with E-state index in [1.165, 1.54) is 0 Å². The highest BCUT2D eigenvalue weighted by Gasteiger charge is 2.38. The molecule has 29 heavy (non-hydrogen) atoms. The molecule has 0 aliphatic carbocycles. The van der Waals surface area contributed by atoms with E-state index in [2.05, 4.69) is 10.2 Å². The summed E-state index contributed by atoms with van der Waals surface area (Å²) in [6.07, 6.45) is -10.2. The minimum absolute atomic E-state index is 0.373. The lowest BCUT2D eigenvalue weighted by Gasteiger charge is -2.29. The van der Waals surface area contributed by atoms with Gasteiger partial charge in [0.25, 0.3) is 0 Å². The van der Waals surface area contributed by atoms with Gasteiger partial charge in [0.1, 0.15) is 0 Å². The van der Waals surface area contributed by atoms with Crippen LogP contribution in [0.4, 0.5) is 32.0 Å². The number of amides is 1. The second-order valence-electron chi connectivity index (χ2n) is 5.25. The van der Waals surface area contributed by atoms with Crippen molar-refractivity contribution in [2.45, 2.75) is 12.4 Å². The number of carbonyl (C=O) groups excluding carboxylic acids is 1. The predicted octanol–water partition coefficient (Wildman–Crippen LogP) is 1.46. The molecule has 1 heterocycles. The van der Waals surface area contributed by atoms with Gasteiger partial charge in [0, 0.05) is 37.4 Å². The smallest absolute Gasteiger partial charge is 0.475 e. The fourth-order valence-electron chi connectivity index (χ4n) is 1.76. The number of nitrogens with one attached hydrogen (secondary N) is 1. The summed E-state index contributed by atoms with van der Waals surface area (Å²) >= 11 is 0. The van der Waals surface area contributed by atoms with Gasteiger partial charge in [-0.2, -0.15) is 26.3 Å².